The van der Waals surface area contributed by atoms with E-state index in [0.717, 1.165) is 71.3 Å². The predicted molar refractivity (Wildman–Crippen MR) is 230 cm³/mol. The third-order valence-electron chi connectivity index (χ3n) is 11.4. The first-order valence-corrected chi connectivity index (χ1v) is 19.9. The maximum atomic E-state index is 12.2. The molecule has 5 rings (SSSR count). The molecule has 5 heteroatoms. The van der Waals surface area contributed by atoms with Crippen LogP contribution in [0, 0.1) is 27.7 Å². The standard InChI is InChI=1S/C35H36NO.C15H28O2.Ir/c1-34(2,3)21-23-11-13-24(14-12-23)25-15-16-29-27(19-25)17-18-36-32(29)30-20-26-9-7-8-10-28(26)31(33(30)37)22-35(4,5)6;1-7-14(5,8-2)12(16)11-13(17)15(6,9-3)10-4;/h7-19,37H,21-22H2,1-6H3;11,16H,7-10H2,1-6H3;/q-1;;/b;12-11-;. The minimum Gasteiger partial charge on any atom is -0.542 e. The van der Waals surface area contributed by atoms with Crippen LogP contribution < -0.4 is 0 Å². The van der Waals surface area contributed by atoms with Crippen LogP contribution in [0.1, 0.15) is 120 Å². The molecule has 55 heavy (non-hydrogen) atoms. The van der Waals surface area contributed by atoms with Gasteiger partial charge in [0.1, 0.15) is 5.76 Å². The summed E-state index contributed by atoms with van der Waals surface area (Å²) in [5.74, 6) is 0.570. The third kappa shape index (κ3) is 11.2. The minimum absolute atomic E-state index is 0. The van der Waals surface area contributed by atoms with E-state index in [9.17, 15) is 15.0 Å². The molecule has 0 amide bonds. The van der Waals surface area contributed by atoms with Crippen LogP contribution in [-0.4, -0.2) is 21.0 Å². The van der Waals surface area contributed by atoms with Gasteiger partial charge in [0, 0.05) is 48.9 Å². The first-order chi connectivity index (χ1) is 25.3. The zero-order chi connectivity index (χ0) is 40.1. The molecule has 0 aliphatic rings. The normalized spacial score (nSPS) is 12.6. The SMILES string of the molecule is CC(C)(C)Cc1ccc(-c2ccc3c(-c4[c-]c5ccccc5c(CC(C)(C)C)c4O)nccc3c2)cc1.CCC(C)(CC)C(=O)/C=C(\O)C(C)(CC)CC.[Ir]. The van der Waals surface area contributed by atoms with Crippen molar-refractivity contribution in [2.45, 2.75) is 122 Å². The number of hydrogen-bond donors (Lipinski definition) is 2. The number of carbonyl (C=O) groups excluding carboxylic acids is 1. The zero-order valence-corrected chi connectivity index (χ0v) is 37.8. The van der Waals surface area contributed by atoms with Gasteiger partial charge in [0.2, 0.25) is 0 Å². The molecule has 1 heterocycles. The Hall–Kier alpha value is -3.79. The quantitative estimate of drug-likeness (QED) is 0.0787. The topological polar surface area (TPSA) is 70.4 Å². The monoisotopic (exact) mass is 919 g/mol. The summed E-state index contributed by atoms with van der Waals surface area (Å²) in [4.78, 5) is 16.9. The molecule has 5 aromatic rings. The average Bonchev–Trinajstić information content (AvgIpc) is 3.14. The number of hydrogen-bond acceptors (Lipinski definition) is 4. The van der Waals surface area contributed by atoms with Crippen LogP contribution in [0.25, 0.3) is 43.9 Å². The molecule has 1 aromatic heterocycles. The first kappa shape index (κ1) is 45.6. The van der Waals surface area contributed by atoms with Crippen LogP contribution in [-0.2, 0) is 37.7 Å². The minimum atomic E-state index is -0.337. The fraction of sp³-hybridized carbons (Fsp3) is 0.440. The van der Waals surface area contributed by atoms with Gasteiger partial charge in [-0.25, -0.2) is 0 Å². The molecular formula is C50H64IrNO3-. The molecule has 0 fully saturated rings. The summed E-state index contributed by atoms with van der Waals surface area (Å²) in [6, 6.07) is 29.1. The molecule has 0 aliphatic carbocycles. The number of aliphatic hydroxyl groups excluding tert-OH is 1. The first-order valence-electron chi connectivity index (χ1n) is 19.9. The molecule has 0 bridgehead atoms. The van der Waals surface area contributed by atoms with Gasteiger partial charge in [0.05, 0.1) is 5.75 Å². The number of ketones is 1. The number of rotatable bonds is 11. The molecule has 0 spiro atoms. The second-order valence-corrected chi connectivity index (χ2v) is 18.1. The molecule has 297 valence electrons. The van der Waals surface area contributed by atoms with Gasteiger partial charge in [-0.15, -0.1) is 17.5 Å². The Labute approximate surface area is 345 Å². The molecule has 0 saturated heterocycles. The fourth-order valence-electron chi connectivity index (χ4n) is 6.88. The molecule has 0 saturated carbocycles. The van der Waals surface area contributed by atoms with Crippen molar-refractivity contribution in [1.82, 2.24) is 4.98 Å². The Bertz CT molecular complexity index is 2090. The number of allylic oxidation sites excluding steroid dienone is 2. The van der Waals surface area contributed by atoms with Gasteiger partial charge in [-0.3, -0.25) is 9.78 Å². The summed E-state index contributed by atoms with van der Waals surface area (Å²) in [5, 5.41) is 25.8. The van der Waals surface area contributed by atoms with Crippen molar-refractivity contribution in [2.75, 3.05) is 0 Å². The average molecular weight is 919 g/mol. The Morgan fingerprint density at radius 2 is 1.27 bits per heavy atom. The number of aromatic hydroxyl groups is 1. The van der Waals surface area contributed by atoms with Gasteiger partial charge in [-0.2, -0.15) is 0 Å². The second kappa shape index (κ2) is 18.4. The number of carbonyl (C=O) groups is 1. The van der Waals surface area contributed by atoms with Crippen molar-refractivity contribution in [3.05, 3.63) is 108 Å². The number of phenols is 1. The molecule has 4 nitrogen and oxygen atoms in total. The summed E-state index contributed by atoms with van der Waals surface area (Å²) >= 11 is 0. The van der Waals surface area contributed by atoms with Crippen LogP contribution in [0.3, 0.4) is 0 Å². The Morgan fingerprint density at radius 1 is 0.709 bits per heavy atom. The Balaban J connectivity index is 0.000000385. The maximum absolute atomic E-state index is 12.2. The zero-order valence-electron chi connectivity index (χ0n) is 35.4. The van der Waals surface area contributed by atoms with Gasteiger partial charge in [0.15, 0.2) is 5.78 Å². The Kier molecular flexibility index (Phi) is 15.3. The number of phenolic OH excluding ortho intramolecular Hbond substituents is 1. The number of benzene rings is 4. The van der Waals surface area contributed by atoms with Crippen LogP contribution in [0.15, 0.2) is 90.8 Å². The number of aromatic nitrogens is 1. The number of fused-ring (bicyclic) bond motifs is 2. The van der Waals surface area contributed by atoms with E-state index in [1.165, 1.54) is 22.8 Å². The van der Waals surface area contributed by atoms with E-state index in [-0.39, 0.29) is 59.1 Å². The predicted octanol–water partition coefficient (Wildman–Crippen LogP) is 14.1. The van der Waals surface area contributed by atoms with Crippen molar-refractivity contribution < 1.29 is 35.1 Å². The maximum Gasteiger partial charge on any atom is 0.164 e. The molecular weight excluding hydrogens is 855 g/mol. The Morgan fingerprint density at radius 3 is 1.84 bits per heavy atom. The summed E-state index contributed by atoms with van der Waals surface area (Å²) < 4.78 is 0. The van der Waals surface area contributed by atoms with E-state index in [0.29, 0.717) is 5.56 Å². The van der Waals surface area contributed by atoms with Gasteiger partial charge in [-0.1, -0.05) is 154 Å². The van der Waals surface area contributed by atoms with E-state index in [4.69, 9.17) is 4.98 Å². The smallest absolute Gasteiger partial charge is 0.164 e. The van der Waals surface area contributed by atoms with Crippen LogP contribution in [0.5, 0.6) is 5.75 Å². The summed E-state index contributed by atoms with van der Waals surface area (Å²) in [7, 11) is 0. The van der Waals surface area contributed by atoms with Crippen LogP contribution in [0.2, 0.25) is 0 Å². The van der Waals surface area contributed by atoms with Crippen molar-refractivity contribution >= 4 is 27.3 Å². The molecule has 0 unspecified atom stereocenters. The molecule has 4 aromatic carbocycles. The summed E-state index contributed by atoms with van der Waals surface area (Å²) in [6.07, 6.45) is 8.41. The number of aliphatic hydroxyl groups is 1. The van der Waals surface area contributed by atoms with Gasteiger partial charge < -0.3 is 10.2 Å². The molecule has 1 radical (unpaired) electrons. The second-order valence-electron chi connectivity index (χ2n) is 18.1. The summed E-state index contributed by atoms with van der Waals surface area (Å²) in [5.41, 5.74) is 5.82. The van der Waals surface area contributed by atoms with Gasteiger partial charge in [-0.05, 0) is 89.0 Å². The third-order valence-corrected chi connectivity index (χ3v) is 11.4. The fourth-order valence-corrected chi connectivity index (χ4v) is 6.88. The van der Waals surface area contributed by atoms with E-state index >= 15 is 0 Å². The van der Waals surface area contributed by atoms with E-state index in [2.05, 4.69) is 102 Å². The summed E-state index contributed by atoms with van der Waals surface area (Å²) in [6.45, 7) is 25.5. The van der Waals surface area contributed by atoms with Crippen molar-refractivity contribution in [3.63, 3.8) is 0 Å². The largest absolute Gasteiger partial charge is 0.542 e. The van der Waals surface area contributed by atoms with Crippen LogP contribution in [0.4, 0.5) is 0 Å². The number of nitrogens with zero attached hydrogens (tertiary/aromatic N) is 1. The van der Waals surface area contributed by atoms with Gasteiger partial charge in [0.25, 0.3) is 0 Å². The van der Waals surface area contributed by atoms with Gasteiger partial charge >= 0.3 is 0 Å². The van der Waals surface area contributed by atoms with E-state index in [1.54, 1.807) is 0 Å². The van der Waals surface area contributed by atoms with E-state index in [1.807, 2.05) is 65.9 Å². The molecule has 0 aliphatic heterocycles. The van der Waals surface area contributed by atoms with Crippen molar-refractivity contribution in [3.8, 4) is 28.1 Å². The van der Waals surface area contributed by atoms with E-state index < -0.39 is 0 Å². The molecule has 0 atom stereocenters. The van der Waals surface area contributed by atoms with Crippen molar-refractivity contribution in [1.29, 1.82) is 0 Å². The number of pyridine rings is 1. The van der Waals surface area contributed by atoms with Crippen molar-refractivity contribution in [2.24, 2.45) is 21.7 Å². The van der Waals surface area contributed by atoms with Crippen LogP contribution >= 0.6 is 0 Å². The molecule has 2 N–H and O–H groups in total.